The average Bonchev–Trinajstić information content (AvgIpc) is 3.15. The Morgan fingerprint density at radius 3 is 2.55 bits per heavy atom. The number of aromatic nitrogens is 4. The van der Waals surface area contributed by atoms with Gasteiger partial charge in [-0.05, 0) is 17.7 Å². The summed E-state index contributed by atoms with van der Waals surface area (Å²) in [5.74, 6) is 0. The van der Waals surface area contributed by atoms with Gasteiger partial charge in [0.2, 0.25) is 10.0 Å². The van der Waals surface area contributed by atoms with Crippen molar-refractivity contribution in [3.05, 3.63) is 57.0 Å². The predicted molar refractivity (Wildman–Crippen MR) is 105 cm³/mol. The predicted octanol–water partition coefficient (Wildman–Crippen LogP) is -0.497. The van der Waals surface area contributed by atoms with Gasteiger partial charge >= 0.3 is 5.69 Å². The minimum atomic E-state index is -3.62. The second-order valence-electron chi connectivity index (χ2n) is 6.91. The van der Waals surface area contributed by atoms with Crippen molar-refractivity contribution in [1.29, 1.82) is 0 Å². The van der Waals surface area contributed by atoms with E-state index in [1.807, 2.05) is 0 Å². The Kier molecular flexibility index (Phi) is 4.89. The van der Waals surface area contributed by atoms with E-state index in [2.05, 4.69) is 4.98 Å². The molecular formula is C18H21N5O5S. The zero-order chi connectivity index (χ0) is 20.8. The second kappa shape index (κ2) is 7.25. The molecule has 0 amide bonds. The number of rotatable bonds is 4. The molecule has 0 N–H and O–H groups in total. The quantitative estimate of drug-likeness (QED) is 0.564. The van der Waals surface area contributed by atoms with Crippen molar-refractivity contribution in [2.24, 2.45) is 14.1 Å². The van der Waals surface area contributed by atoms with Gasteiger partial charge in [-0.2, -0.15) is 4.31 Å². The third-order valence-electron chi connectivity index (χ3n) is 5.08. The molecule has 0 atom stereocenters. The topological polar surface area (TPSA) is 108 Å². The van der Waals surface area contributed by atoms with Crippen LogP contribution in [0.1, 0.15) is 5.56 Å². The zero-order valence-electron chi connectivity index (χ0n) is 16.1. The van der Waals surface area contributed by atoms with E-state index in [4.69, 9.17) is 4.74 Å². The monoisotopic (exact) mass is 419 g/mol. The zero-order valence-corrected chi connectivity index (χ0v) is 16.9. The molecule has 0 radical (unpaired) electrons. The maximum absolute atomic E-state index is 12.9. The molecule has 0 spiro atoms. The Bertz CT molecular complexity index is 1300. The summed E-state index contributed by atoms with van der Waals surface area (Å²) in [6, 6.07) is 6.62. The first kappa shape index (κ1) is 19.6. The number of hydrogen-bond donors (Lipinski definition) is 0. The van der Waals surface area contributed by atoms with Crippen LogP contribution >= 0.6 is 0 Å². The van der Waals surface area contributed by atoms with Crippen molar-refractivity contribution in [2.45, 2.75) is 11.4 Å². The van der Waals surface area contributed by atoms with E-state index >= 15 is 0 Å². The normalized spacial score (nSPS) is 15.8. The van der Waals surface area contributed by atoms with E-state index in [1.165, 1.54) is 22.2 Å². The molecule has 3 heterocycles. The third-order valence-corrected chi connectivity index (χ3v) is 6.97. The third kappa shape index (κ3) is 3.30. The van der Waals surface area contributed by atoms with Gasteiger partial charge in [-0.15, -0.1) is 0 Å². The van der Waals surface area contributed by atoms with Crippen molar-refractivity contribution >= 4 is 21.2 Å². The average molecular weight is 419 g/mol. The van der Waals surface area contributed by atoms with E-state index in [9.17, 15) is 18.0 Å². The largest absolute Gasteiger partial charge is 0.379 e. The lowest BCUT2D eigenvalue weighted by molar-refractivity contribution is 0.0730. The lowest BCUT2D eigenvalue weighted by Gasteiger charge is -2.26. The van der Waals surface area contributed by atoms with Crippen LogP contribution < -0.4 is 11.2 Å². The molecule has 0 unspecified atom stereocenters. The fourth-order valence-corrected chi connectivity index (χ4v) is 4.93. The summed E-state index contributed by atoms with van der Waals surface area (Å²) in [7, 11) is -0.650. The summed E-state index contributed by atoms with van der Waals surface area (Å²) in [6.07, 6.45) is 1.48. The molecule has 1 saturated heterocycles. The minimum absolute atomic E-state index is 0.196. The van der Waals surface area contributed by atoms with Gasteiger partial charge in [0.25, 0.3) is 5.56 Å². The lowest BCUT2D eigenvalue weighted by atomic mass is 10.2. The molecule has 0 saturated carbocycles. The lowest BCUT2D eigenvalue weighted by Crippen LogP contribution is -2.40. The molecule has 154 valence electrons. The van der Waals surface area contributed by atoms with Gasteiger partial charge in [-0.25, -0.2) is 18.2 Å². The fraction of sp³-hybridized carbons (Fsp3) is 0.389. The van der Waals surface area contributed by atoms with Gasteiger partial charge in [0.1, 0.15) is 0 Å². The number of ether oxygens (including phenoxy) is 1. The molecule has 1 aromatic carbocycles. The molecule has 29 heavy (non-hydrogen) atoms. The van der Waals surface area contributed by atoms with Gasteiger partial charge in [0.05, 0.1) is 24.4 Å². The highest BCUT2D eigenvalue weighted by Crippen LogP contribution is 2.19. The van der Waals surface area contributed by atoms with E-state index in [-0.39, 0.29) is 22.6 Å². The maximum atomic E-state index is 12.9. The van der Waals surface area contributed by atoms with Gasteiger partial charge in [0.15, 0.2) is 11.2 Å². The van der Waals surface area contributed by atoms with Crippen LogP contribution in [0.25, 0.3) is 11.2 Å². The summed E-state index contributed by atoms with van der Waals surface area (Å²) < 4.78 is 36.4. The van der Waals surface area contributed by atoms with E-state index in [0.717, 1.165) is 4.57 Å². The van der Waals surface area contributed by atoms with Crippen LogP contribution in [0.4, 0.5) is 0 Å². The Balaban J connectivity index is 1.73. The molecule has 10 nitrogen and oxygen atoms in total. The number of nitrogens with zero attached hydrogens (tertiary/aromatic N) is 5. The molecule has 0 bridgehead atoms. The van der Waals surface area contributed by atoms with Crippen LogP contribution in [0.5, 0.6) is 0 Å². The summed E-state index contributed by atoms with van der Waals surface area (Å²) in [6.45, 7) is 1.64. The van der Waals surface area contributed by atoms with E-state index in [0.29, 0.717) is 31.9 Å². The number of morpholine rings is 1. The highest BCUT2D eigenvalue weighted by atomic mass is 32.2. The number of benzene rings is 1. The second-order valence-corrected chi connectivity index (χ2v) is 8.85. The fourth-order valence-electron chi connectivity index (χ4n) is 3.45. The Morgan fingerprint density at radius 1 is 1.10 bits per heavy atom. The number of fused-ring (bicyclic) bond motifs is 1. The van der Waals surface area contributed by atoms with Gasteiger partial charge in [-0.1, -0.05) is 12.1 Å². The van der Waals surface area contributed by atoms with E-state index < -0.39 is 21.3 Å². The molecular weight excluding hydrogens is 398 g/mol. The van der Waals surface area contributed by atoms with Crippen LogP contribution in [0, 0.1) is 0 Å². The number of aryl methyl sites for hydroxylation is 1. The Hall–Kier alpha value is -2.76. The number of sulfonamides is 1. The van der Waals surface area contributed by atoms with Crippen molar-refractivity contribution in [3.63, 3.8) is 0 Å². The van der Waals surface area contributed by atoms with Crippen molar-refractivity contribution in [1.82, 2.24) is 23.0 Å². The highest BCUT2D eigenvalue weighted by Gasteiger charge is 2.26. The summed E-state index contributed by atoms with van der Waals surface area (Å²) in [5.41, 5.74) is 0.379. The van der Waals surface area contributed by atoms with Crippen molar-refractivity contribution in [3.8, 4) is 0 Å². The van der Waals surface area contributed by atoms with Crippen LogP contribution in [0.3, 0.4) is 0 Å². The Morgan fingerprint density at radius 2 is 1.83 bits per heavy atom. The van der Waals surface area contributed by atoms with Crippen LogP contribution in [0.15, 0.2) is 45.1 Å². The summed E-state index contributed by atoms with van der Waals surface area (Å²) >= 11 is 0. The molecule has 1 aliphatic rings. The first-order valence-corrected chi connectivity index (χ1v) is 10.5. The summed E-state index contributed by atoms with van der Waals surface area (Å²) in [5, 5.41) is 0. The standard InChI is InChI=1S/C18H21N5O5S/c1-20-16-15(17(24)21(2)18(20)25)22(12-19-16)11-13-4-3-5-14(10-13)29(26,27)23-6-8-28-9-7-23/h3-5,10,12H,6-9,11H2,1-2H3. The Labute approximate surface area is 166 Å². The van der Waals surface area contributed by atoms with Gasteiger partial charge < -0.3 is 9.30 Å². The van der Waals surface area contributed by atoms with Crippen molar-refractivity contribution < 1.29 is 13.2 Å². The first-order valence-electron chi connectivity index (χ1n) is 9.08. The summed E-state index contributed by atoms with van der Waals surface area (Å²) in [4.78, 5) is 29.0. The molecule has 2 aromatic heterocycles. The molecule has 0 aliphatic carbocycles. The van der Waals surface area contributed by atoms with E-state index in [1.54, 1.807) is 35.9 Å². The number of hydrogen-bond acceptors (Lipinski definition) is 6. The van der Waals surface area contributed by atoms with Gasteiger partial charge in [-0.3, -0.25) is 13.9 Å². The number of imidazole rings is 1. The molecule has 11 heteroatoms. The molecule has 4 rings (SSSR count). The van der Waals surface area contributed by atoms with Crippen LogP contribution in [0.2, 0.25) is 0 Å². The van der Waals surface area contributed by atoms with Crippen LogP contribution in [-0.4, -0.2) is 57.7 Å². The van der Waals surface area contributed by atoms with Gasteiger partial charge in [0, 0.05) is 33.7 Å². The molecule has 3 aromatic rings. The highest BCUT2D eigenvalue weighted by molar-refractivity contribution is 7.89. The maximum Gasteiger partial charge on any atom is 0.332 e. The first-order chi connectivity index (χ1) is 13.8. The SMILES string of the molecule is Cn1c(=O)c2c(ncn2Cc2cccc(S(=O)(=O)N3CCOCC3)c2)n(C)c1=O. The minimum Gasteiger partial charge on any atom is -0.379 e. The van der Waals surface area contributed by atoms with Crippen molar-refractivity contribution in [2.75, 3.05) is 26.3 Å². The van der Waals surface area contributed by atoms with Crippen LogP contribution in [-0.2, 0) is 35.4 Å². The molecule has 1 aliphatic heterocycles. The smallest absolute Gasteiger partial charge is 0.332 e. The molecule has 1 fully saturated rings.